The molecule has 0 spiro atoms. The minimum atomic E-state index is -0.488. The Balaban J connectivity index is 1.78. The van der Waals surface area contributed by atoms with E-state index in [1.54, 1.807) is 37.4 Å². The van der Waals surface area contributed by atoms with Crippen LogP contribution in [-0.2, 0) is 6.54 Å². The van der Waals surface area contributed by atoms with Crippen molar-refractivity contribution in [2.45, 2.75) is 6.54 Å². The Kier molecular flexibility index (Phi) is 5.46. The van der Waals surface area contributed by atoms with Crippen molar-refractivity contribution in [2.75, 3.05) is 25.3 Å². The van der Waals surface area contributed by atoms with E-state index in [4.69, 9.17) is 26.8 Å². The van der Waals surface area contributed by atoms with Crippen molar-refractivity contribution in [3.05, 3.63) is 58.7 Å². The van der Waals surface area contributed by atoms with E-state index >= 15 is 0 Å². The first-order valence-corrected chi connectivity index (χ1v) is 8.36. The van der Waals surface area contributed by atoms with Gasteiger partial charge in [-0.25, -0.2) is 4.68 Å². The zero-order valence-electron chi connectivity index (χ0n) is 14.8. The lowest BCUT2D eigenvalue weighted by Crippen LogP contribution is -2.16. The second-order valence-corrected chi connectivity index (χ2v) is 6.06. The number of carbonyl (C=O) groups is 1. The lowest BCUT2D eigenvalue weighted by Gasteiger charge is -2.11. The molecule has 0 fully saturated rings. The summed E-state index contributed by atoms with van der Waals surface area (Å²) < 4.78 is 11.9. The summed E-state index contributed by atoms with van der Waals surface area (Å²) >= 11 is 5.88. The molecule has 1 aromatic heterocycles. The van der Waals surface area contributed by atoms with E-state index in [0.717, 1.165) is 5.56 Å². The lowest BCUT2D eigenvalue weighted by molar-refractivity contribution is 0.102. The standard InChI is InChI=1S/C18H18ClN5O3/c1-26-13-7-8-14(15(9-13)27-2)21-18(25)16-17(20)24(23-22-16)10-11-3-5-12(19)6-4-11/h3-9H,10,20H2,1-2H3,(H,21,25). The Labute approximate surface area is 160 Å². The Morgan fingerprint density at radius 2 is 1.93 bits per heavy atom. The number of nitrogen functional groups attached to an aromatic ring is 1. The van der Waals surface area contributed by atoms with Gasteiger partial charge in [-0.05, 0) is 29.8 Å². The van der Waals surface area contributed by atoms with Crippen LogP contribution in [0.25, 0.3) is 0 Å². The van der Waals surface area contributed by atoms with Crippen LogP contribution in [-0.4, -0.2) is 35.1 Å². The first-order valence-electron chi connectivity index (χ1n) is 7.98. The molecule has 0 aliphatic carbocycles. The number of nitrogens with one attached hydrogen (secondary N) is 1. The van der Waals surface area contributed by atoms with Gasteiger partial charge in [-0.1, -0.05) is 28.9 Å². The average molecular weight is 388 g/mol. The topological polar surface area (TPSA) is 104 Å². The zero-order chi connectivity index (χ0) is 19.4. The van der Waals surface area contributed by atoms with Crippen molar-refractivity contribution in [2.24, 2.45) is 0 Å². The van der Waals surface area contributed by atoms with Gasteiger partial charge in [-0.15, -0.1) is 5.10 Å². The third kappa shape index (κ3) is 4.12. The van der Waals surface area contributed by atoms with Gasteiger partial charge in [0.1, 0.15) is 11.5 Å². The molecular weight excluding hydrogens is 370 g/mol. The van der Waals surface area contributed by atoms with E-state index in [1.807, 2.05) is 12.1 Å². The molecule has 1 amide bonds. The van der Waals surface area contributed by atoms with E-state index in [1.165, 1.54) is 11.8 Å². The lowest BCUT2D eigenvalue weighted by atomic mass is 10.2. The van der Waals surface area contributed by atoms with Crippen molar-refractivity contribution in [1.82, 2.24) is 15.0 Å². The summed E-state index contributed by atoms with van der Waals surface area (Å²) in [7, 11) is 3.05. The quantitative estimate of drug-likeness (QED) is 0.674. The van der Waals surface area contributed by atoms with Crippen LogP contribution in [0, 0.1) is 0 Å². The summed E-state index contributed by atoms with van der Waals surface area (Å²) in [6.07, 6.45) is 0. The van der Waals surface area contributed by atoms with Crippen LogP contribution in [0.4, 0.5) is 11.5 Å². The molecule has 0 radical (unpaired) electrons. The maximum absolute atomic E-state index is 12.6. The minimum Gasteiger partial charge on any atom is -0.497 e. The second kappa shape index (κ2) is 7.96. The molecule has 0 aliphatic heterocycles. The Morgan fingerprint density at radius 3 is 2.59 bits per heavy atom. The van der Waals surface area contributed by atoms with Crippen LogP contribution in [0.2, 0.25) is 5.02 Å². The van der Waals surface area contributed by atoms with Crippen LogP contribution in [0.1, 0.15) is 16.1 Å². The molecule has 0 saturated carbocycles. The van der Waals surface area contributed by atoms with E-state index < -0.39 is 5.91 Å². The number of aromatic nitrogens is 3. The third-order valence-corrected chi connectivity index (χ3v) is 4.14. The number of ether oxygens (including phenoxy) is 2. The van der Waals surface area contributed by atoms with Gasteiger partial charge in [0, 0.05) is 11.1 Å². The van der Waals surface area contributed by atoms with Gasteiger partial charge in [0.2, 0.25) is 0 Å². The van der Waals surface area contributed by atoms with Crippen molar-refractivity contribution < 1.29 is 14.3 Å². The fourth-order valence-electron chi connectivity index (χ4n) is 2.44. The van der Waals surface area contributed by atoms with Crippen molar-refractivity contribution >= 4 is 29.0 Å². The number of hydrogen-bond acceptors (Lipinski definition) is 6. The highest BCUT2D eigenvalue weighted by Gasteiger charge is 2.19. The molecule has 2 aromatic carbocycles. The van der Waals surface area contributed by atoms with Crippen LogP contribution in [0.3, 0.4) is 0 Å². The van der Waals surface area contributed by atoms with Crippen molar-refractivity contribution in [3.8, 4) is 11.5 Å². The predicted octanol–water partition coefficient (Wildman–Crippen LogP) is 2.83. The molecule has 0 aliphatic rings. The monoisotopic (exact) mass is 387 g/mol. The first kappa shape index (κ1) is 18.5. The largest absolute Gasteiger partial charge is 0.497 e. The van der Waals surface area contributed by atoms with E-state index in [-0.39, 0.29) is 11.5 Å². The molecule has 27 heavy (non-hydrogen) atoms. The van der Waals surface area contributed by atoms with E-state index in [0.29, 0.717) is 28.8 Å². The molecule has 140 valence electrons. The minimum absolute atomic E-state index is 0.0295. The number of nitrogens with zero attached hydrogens (tertiary/aromatic N) is 3. The van der Waals surface area contributed by atoms with Gasteiger partial charge in [0.15, 0.2) is 11.5 Å². The Hall–Kier alpha value is -3.26. The molecule has 9 heteroatoms. The molecule has 1 heterocycles. The average Bonchev–Trinajstić information content (AvgIpc) is 3.04. The summed E-state index contributed by atoms with van der Waals surface area (Å²) in [5, 5.41) is 11.2. The molecule has 0 atom stereocenters. The van der Waals surface area contributed by atoms with Gasteiger partial charge in [0.25, 0.3) is 5.91 Å². The summed E-state index contributed by atoms with van der Waals surface area (Å²) in [4.78, 5) is 12.6. The number of amides is 1. The number of anilines is 2. The van der Waals surface area contributed by atoms with Gasteiger partial charge < -0.3 is 20.5 Å². The second-order valence-electron chi connectivity index (χ2n) is 5.63. The van der Waals surface area contributed by atoms with Gasteiger partial charge in [-0.3, -0.25) is 4.79 Å². The summed E-state index contributed by atoms with van der Waals surface area (Å²) in [6, 6.07) is 12.3. The molecular formula is C18H18ClN5O3. The molecule has 0 unspecified atom stereocenters. The highest BCUT2D eigenvalue weighted by molar-refractivity contribution is 6.30. The highest BCUT2D eigenvalue weighted by Crippen LogP contribution is 2.29. The maximum Gasteiger partial charge on any atom is 0.280 e. The number of nitrogens with two attached hydrogens (primary N) is 1. The van der Waals surface area contributed by atoms with Crippen molar-refractivity contribution in [3.63, 3.8) is 0 Å². The van der Waals surface area contributed by atoms with Gasteiger partial charge in [0.05, 0.1) is 26.5 Å². The number of carbonyl (C=O) groups excluding carboxylic acids is 1. The summed E-state index contributed by atoms with van der Waals surface area (Å²) in [6.45, 7) is 0.370. The third-order valence-electron chi connectivity index (χ3n) is 3.89. The number of halogens is 1. The Bertz CT molecular complexity index is 956. The molecule has 3 aromatic rings. The van der Waals surface area contributed by atoms with E-state index in [9.17, 15) is 4.79 Å². The maximum atomic E-state index is 12.6. The fraction of sp³-hybridized carbons (Fsp3) is 0.167. The van der Waals surface area contributed by atoms with Gasteiger partial charge >= 0.3 is 0 Å². The SMILES string of the molecule is COc1ccc(NC(=O)c2nnn(Cc3ccc(Cl)cc3)c2N)c(OC)c1. The van der Waals surface area contributed by atoms with Gasteiger partial charge in [-0.2, -0.15) is 0 Å². The fourth-order valence-corrected chi connectivity index (χ4v) is 2.57. The Morgan fingerprint density at radius 1 is 1.19 bits per heavy atom. The molecule has 3 N–H and O–H groups in total. The smallest absolute Gasteiger partial charge is 0.280 e. The summed E-state index contributed by atoms with van der Waals surface area (Å²) in [5.74, 6) is 0.737. The van der Waals surface area contributed by atoms with Crippen molar-refractivity contribution in [1.29, 1.82) is 0 Å². The van der Waals surface area contributed by atoms with Crippen LogP contribution in [0.5, 0.6) is 11.5 Å². The first-order chi connectivity index (χ1) is 13.0. The molecule has 0 bridgehead atoms. The molecule has 0 saturated heterocycles. The van der Waals surface area contributed by atoms with E-state index in [2.05, 4.69) is 15.6 Å². The van der Waals surface area contributed by atoms with Crippen LogP contribution >= 0.6 is 11.6 Å². The predicted molar refractivity (Wildman–Crippen MR) is 102 cm³/mol. The normalized spacial score (nSPS) is 10.5. The molecule has 3 rings (SSSR count). The zero-order valence-corrected chi connectivity index (χ0v) is 15.5. The highest BCUT2D eigenvalue weighted by atomic mass is 35.5. The van der Waals surface area contributed by atoms with Crippen LogP contribution < -0.4 is 20.5 Å². The number of benzene rings is 2. The number of hydrogen-bond donors (Lipinski definition) is 2. The van der Waals surface area contributed by atoms with Crippen LogP contribution in [0.15, 0.2) is 42.5 Å². The number of methoxy groups -OCH3 is 2. The molecule has 8 nitrogen and oxygen atoms in total. The number of rotatable bonds is 6. The summed E-state index contributed by atoms with van der Waals surface area (Å²) in [5.41, 5.74) is 7.48.